The minimum atomic E-state index is 0.139. The Morgan fingerprint density at radius 2 is 1.00 bits per heavy atom. The molecule has 0 saturated heterocycles. The van der Waals surface area contributed by atoms with Gasteiger partial charge in [-0.3, -0.25) is 0 Å². The lowest BCUT2D eigenvalue weighted by Crippen LogP contribution is -2.32. The average molecular weight is 278 g/mol. The summed E-state index contributed by atoms with van der Waals surface area (Å²) in [6.45, 7) is 14.6. The number of hydrogen-bond donors (Lipinski definition) is 6. The fraction of sp³-hybridized carbons (Fsp3) is 1.00. The van der Waals surface area contributed by atoms with Crippen LogP contribution in [-0.4, -0.2) is 52.4 Å². The second-order valence-corrected chi connectivity index (χ2v) is 4.65. The van der Waals surface area contributed by atoms with Crippen molar-refractivity contribution in [1.29, 1.82) is 0 Å². The van der Waals surface area contributed by atoms with Gasteiger partial charge in [0.05, 0.1) is 0 Å². The van der Waals surface area contributed by atoms with Crippen molar-refractivity contribution < 1.29 is 0 Å². The maximum atomic E-state index is 5.34. The topological polar surface area (TPSA) is 128 Å². The third kappa shape index (κ3) is 27.1. The molecule has 10 N–H and O–H groups in total. The zero-order valence-corrected chi connectivity index (χ0v) is 13.5. The van der Waals surface area contributed by atoms with Crippen LogP contribution in [0.2, 0.25) is 0 Å². The molecular formula is C13H38N6. The molecule has 0 rings (SSSR count). The number of nitrogens with one attached hydrogen (secondary N) is 2. The van der Waals surface area contributed by atoms with E-state index >= 15 is 0 Å². The van der Waals surface area contributed by atoms with E-state index < -0.39 is 0 Å². The smallest absolute Gasteiger partial charge is 0.00772 e. The highest BCUT2D eigenvalue weighted by molar-refractivity contribution is 4.68. The summed E-state index contributed by atoms with van der Waals surface area (Å²) in [5.41, 5.74) is 21.3. The first-order valence-electron chi connectivity index (χ1n) is 7.25. The van der Waals surface area contributed by atoms with Crippen molar-refractivity contribution in [2.24, 2.45) is 28.3 Å². The lowest BCUT2D eigenvalue weighted by atomic mass is 9.95. The Hall–Kier alpha value is -0.240. The minimum Gasteiger partial charge on any atom is -0.330 e. The monoisotopic (exact) mass is 278 g/mol. The van der Waals surface area contributed by atoms with Crippen LogP contribution >= 0.6 is 0 Å². The van der Waals surface area contributed by atoms with Gasteiger partial charge in [0.2, 0.25) is 0 Å². The van der Waals surface area contributed by atoms with E-state index in [9.17, 15) is 0 Å². The van der Waals surface area contributed by atoms with Crippen LogP contribution in [0.1, 0.15) is 27.7 Å². The minimum absolute atomic E-state index is 0.139. The van der Waals surface area contributed by atoms with Gasteiger partial charge >= 0.3 is 0 Å². The van der Waals surface area contributed by atoms with Gasteiger partial charge in [0.1, 0.15) is 0 Å². The molecule has 0 aliphatic carbocycles. The van der Waals surface area contributed by atoms with Gasteiger partial charge < -0.3 is 33.6 Å². The largest absolute Gasteiger partial charge is 0.330 e. The lowest BCUT2D eigenvalue weighted by Gasteiger charge is -2.18. The zero-order chi connectivity index (χ0) is 15.6. The Bertz CT molecular complexity index is 127. The first kappa shape index (κ1) is 23.8. The van der Waals surface area contributed by atoms with Crippen molar-refractivity contribution in [2.45, 2.75) is 27.7 Å². The van der Waals surface area contributed by atoms with E-state index in [-0.39, 0.29) is 5.41 Å². The van der Waals surface area contributed by atoms with Crippen LogP contribution in [0.15, 0.2) is 0 Å². The summed E-state index contributed by atoms with van der Waals surface area (Å²) in [6, 6.07) is 0. The van der Waals surface area contributed by atoms with Crippen LogP contribution < -0.4 is 33.6 Å². The van der Waals surface area contributed by atoms with Gasteiger partial charge in [-0.05, 0) is 18.5 Å². The van der Waals surface area contributed by atoms with Gasteiger partial charge in [-0.15, -0.1) is 0 Å². The molecule has 0 spiro atoms. The molecule has 0 aromatic heterocycles. The van der Waals surface area contributed by atoms with Gasteiger partial charge in [0.25, 0.3) is 0 Å². The predicted octanol–water partition coefficient (Wildman–Crippen LogP) is -0.961. The van der Waals surface area contributed by atoms with Gasteiger partial charge in [-0.25, -0.2) is 0 Å². The molecule has 0 saturated carbocycles. The third-order valence-corrected chi connectivity index (χ3v) is 2.23. The highest BCUT2D eigenvalue weighted by Gasteiger charge is 2.10. The van der Waals surface area contributed by atoms with E-state index in [4.69, 9.17) is 22.9 Å². The van der Waals surface area contributed by atoms with E-state index in [2.05, 4.69) is 10.6 Å². The third-order valence-electron chi connectivity index (χ3n) is 2.23. The van der Waals surface area contributed by atoms with Crippen molar-refractivity contribution in [2.75, 3.05) is 52.4 Å². The van der Waals surface area contributed by atoms with Crippen LogP contribution in [0.4, 0.5) is 0 Å². The first-order chi connectivity index (χ1) is 9.04. The molecule has 6 heteroatoms. The molecule has 0 unspecified atom stereocenters. The average Bonchev–Trinajstić information content (AvgIpc) is 2.45. The van der Waals surface area contributed by atoms with E-state index in [0.717, 1.165) is 26.2 Å². The summed E-state index contributed by atoms with van der Waals surface area (Å²) >= 11 is 0. The first-order valence-corrected chi connectivity index (χ1v) is 7.25. The molecule has 0 bridgehead atoms. The Morgan fingerprint density at radius 1 is 0.684 bits per heavy atom. The van der Waals surface area contributed by atoms with E-state index in [1.165, 1.54) is 0 Å². The van der Waals surface area contributed by atoms with Gasteiger partial charge in [0.15, 0.2) is 0 Å². The van der Waals surface area contributed by atoms with Crippen LogP contribution in [0.5, 0.6) is 0 Å². The number of hydrogen-bond acceptors (Lipinski definition) is 6. The van der Waals surface area contributed by atoms with Crippen molar-refractivity contribution in [1.82, 2.24) is 10.6 Å². The molecule has 0 heterocycles. The fourth-order valence-electron chi connectivity index (χ4n) is 0.714. The van der Waals surface area contributed by atoms with Crippen molar-refractivity contribution in [3.63, 3.8) is 0 Å². The molecule has 0 aliphatic heterocycles. The van der Waals surface area contributed by atoms with Crippen LogP contribution in [0.3, 0.4) is 0 Å². The highest BCUT2D eigenvalue weighted by atomic mass is 14.9. The van der Waals surface area contributed by atoms with E-state index in [1.54, 1.807) is 0 Å². The van der Waals surface area contributed by atoms with E-state index in [0.29, 0.717) is 26.2 Å². The molecule has 0 aliphatic rings. The fourth-order valence-corrected chi connectivity index (χ4v) is 0.714. The predicted molar refractivity (Wildman–Crippen MR) is 87.1 cm³/mol. The quantitative estimate of drug-likeness (QED) is 0.301. The van der Waals surface area contributed by atoms with Gasteiger partial charge in [-0.2, -0.15) is 0 Å². The molecule has 0 fully saturated rings. The molecule has 6 nitrogen and oxygen atoms in total. The normalized spacial score (nSPS) is 10.1. The Morgan fingerprint density at radius 3 is 1.16 bits per heavy atom. The number of nitrogens with two attached hydrogens (primary N) is 4. The Labute approximate surface area is 120 Å². The van der Waals surface area contributed by atoms with Crippen molar-refractivity contribution >= 4 is 0 Å². The maximum absolute atomic E-state index is 5.34. The summed E-state index contributed by atoms with van der Waals surface area (Å²) < 4.78 is 0. The van der Waals surface area contributed by atoms with Gasteiger partial charge in [-0.1, -0.05) is 27.7 Å². The maximum Gasteiger partial charge on any atom is 0.00772 e. The van der Waals surface area contributed by atoms with Crippen LogP contribution in [0, 0.1) is 5.41 Å². The standard InChI is InChI=1S/C6H18N4.C5H14N2.C2H6/c7-1-3-9-5-6-10-4-2-8;1-5(2,3-6)4-7;1-2/h9-10H,1-8H2;3-4,6-7H2,1-2H3;1-2H3. The molecule has 0 amide bonds. The molecule has 0 aromatic carbocycles. The van der Waals surface area contributed by atoms with Crippen LogP contribution in [0.25, 0.3) is 0 Å². The second kappa shape index (κ2) is 20.1. The Balaban J connectivity index is -0.000000249. The molecule has 19 heavy (non-hydrogen) atoms. The van der Waals surface area contributed by atoms with Crippen molar-refractivity contribution in [3.05, 3.63) is 0 Å². The van der Waals surface area contributed by atoms with Crippen molar-refractivity contribution in [3.8, 4) is 0 Å². The zero-order valence-electron chi connectivity index (χ0n) is 13.5. The highest BCUT2D eigenvalue weighted by Crippen LogP contribution is 2.07. The summed E-state index contributed by atoms with van der Waals surface area (Å²) in [4.78, 5) is 0. The Kier molecular flexibility index (Phi) is 25.2. The summed E-state index contributed by atoms with van der Waals surface area (Å²) in [5.74, 6) is 0. The molecular weight excluding hydrogens is 240 g/mol. The van der Waals surface area contributed by atoms with Gasteiger partial charge in [0, 0.05) is 39.3 Å². The summed E-state index contributed by atoms with van der Waals surface area (Å²) in [7, 11) is 0. The SMILES string of the molecule is CC.CC(C)(CN)CN.NCCNCCNCCN. The molecule has 0 atom stereocenters. The molecule has 0 aromatic rings. The molecule has 120 valence electrons. The summed E-state index contributed by atoms with van der Waals surface area (Å²) in [5, 5.41) is 6.33. The number of rotatable bonds is 9. The summed E-state index contributed by atoms with van der Waals surface area (Å²) in [6.07, 6.45) is 0. The van der Waals surface area contributed by atoms with Crippen LogP contribution in [-0.2, 0) is 0 Å². The second-order valence-electron chi connectivity index (χ2n) is 4.65. The van der Waals surface area contributed by atoms with E-state index in [1.807, 2.05) is 27.7 Å². The lowest BCUT2D eigenvalue weighted by molar-refractivity contribution is 0.393. The molecule has 0 radical (unpaired) electrons.